The van der Waals surface area contributed by atoms with Crippen LogP contribution in [0.25, 0.3) is 5.57 Å². The fraction of sp³-hybridized carbons (Fsp3) is 0.550. The van der Waals surface area contributed by atoms with Gasteiger partial charge in [0.05, 0.1) is 17.6 Å². The fourth-order valence-electron chi connectivity index (χ4n) is 3.30. The summed E-state index contributed by atoms with van der Waals surface area (Å²) in [6, 6.07) is 5.21. The molecule has 0 saturated carbocycles. The lowest BCUT2D eigenvalue weighted by atomic mass is 9.98. The van der Waals surface area contributed by atoms with Gasteiger partial charge in [-0.2, -0.15) is 0 Å². The van der Waals surface area contributed by atoms with Gasteiger partial charge in [-0.25, -0.2) is 4.79 Å². The number of benzene rings is 1. The minimum atomic E-state index is -0.524. The number of nitro benzene ring substituents is 1. The largest absolute Gasteiger partial charge is 0.444 e. The van der Waals surface area contributed by atoms with Gasteiger partial charge in [-0.15, -0.1) is 0 Å². The third-order valence-electron chi connectivity index (χ3n) is 4.71. The number of amides is 1. The summed E-state index contributed by atoms with van der Waals surface area (Å²) in [4.78, 5) is 24.9. The molecule has 8 nitrogen and oxygen atoms in total. The predicted molar refractivity (Wildman–Crippen MR) is 106 cm³/mol. The van der Waals surface area contributed by atoms with Crippen molar-refractivity contribution in [3.8, 4) is 0 Å². The Bertz CT molecular complexity index is 779. The zero-order chi connectivity index (χ0) is 20.3. The van der Waals surface area contributed by atoms with Crippen molar-refractivity contribution in [3.63, 3.8) is 0 Å². The maximum atomic E-state index is 12.2. The number of carbonyl (C=O) groups is 1. The Morgan fingerprint density at radius 2 is 2.18 bits per heavy atom. The molecule has 152 valence electrons. The van der Waals surface area contributed by atoms with E-state index in [9.17, 15) is 14.9 Å². The summed E-state index contributed by atoms with van der Waals surface area (Å²) in [6.45, 7) is 7.76. The summed E-state index contributed by atoms with van der Waals surface area (Å²) in [5.74, 6) is 0. The maximum absolute atomic E-state index is 12.2. The quantitative estimate of drug-likeness (QED) is 0.621. The summed E-state index contributed by atoms with van der Waals surface area (Å²) in [5.41, 5.74) is 2.04. The zero-order valence-corrected chi connectivity index (χ0v) is 16.6. The standard InChI is InChI=1S/C20H27N3O5/c1-20(2,3)28-19(24)22-9-6-14(7-10-22)15-4-5-18(23(25)26)17(12-15)21-16-8-11-27-13-16/h4-6,12,16,21H,7-11,13H2,1-3H3. The number of hydrogen-bond donors (Lipinski definition) is 1. The zero-order valence-electron chi connectivity index (χ0n) is 16.6. The highest BCUT2D eigenvalue weighted by Crippen LogP contribution is 2.32. The third-order valence-corrected chi connectivity index (χ3v) is 4.71. The molecule has 8 heteroatoms. The average Bonchev–Trinajstić information content (AvgIpc) is 3.13. The topological polar surface area (TPSA) is 93.9 Å². The lowest BCUT2D eigenvalue weighted by Gasteiger charge is -2.29. The van der Waals surface area contributed by atoms with Crippen LogP contribution in [-0.4, -0.2) is 53.9 Å². The Kier molecular flexibility index (Phi) is 5.88. The molecular weight excluding hydrogens is 362 g/mol. The minimum Gasteiger partial charge on any atom is -0.444 e. The van der Waals surface area contributed by atoms with Crippen molar-refractivity contribution in [1.82, 2.24) is 4.90 Å². The second kappa shape index (κ2) is 8.18. The van der Waals surface area contributed by atoms with E-state index in [1.165, 1.54) is 6.07 Å². The van der Waals surface area contributed by atoms with Crippen LogP contribution < -0.4 is 5.32 Å². The van der Waals surface area contributed by atoms with Gasteiger partial charge in [0, 0.05) is 25.8 Å². The van der Waals surface area contributed by atoms with E-state index in [0.29, 0.717) is 38.4 Å². The molecule has 1 N–H and O–H groups in total. The minimum absolute atomic E-state index is 0.0578. The normalized spacial score (nSPS) is 19.9. The van der Waals surface area contributed by atoms with Gasteiger partial charge in [0.2, 0.25) is 0 Å². The van der Waals surface area contributed by atoms with Crippen LogP contribution in [0.1, 0.15) is 39.2 Å². The van der Waals surface area contributed by atoms with Crippen molar-refractivity contribution in [3.05, 3.63) is 40.0 Å². The molecule has 1 aromatic rings. The van der Waals surface area contributed by atoms with Crippen molar-refractivity contribution >= 4 is 23.0 Å². The van der Waals surface area contributed by atoms with Crippen LogP contribution in [-0.2, 0) is 9.47 Å². The van der Waals surface area contributed by atoms with E-state index in [-0.39, 0.29) is 22.7 Å². The van der Waals surface area contributed by atoms with Crippen LogP contribution in [0.2, 0.25) is 0 Å². The summed E-state index contributed by atoms with van der Waals surface area (Å²) in [7, 11) is 0. The lowest BCUT2D eigenvalue weighted by molar-refractivity contribution is -0.384. The SMILES string of the molecule is CC(C)(C)OC(=O)N1CC=C(c2ccc([N+](=O)[O-])c(NC3CCOC3)c2)CC1. The molecule has 0 radical (unpaired) electrons. The molecule has 1 aromatic carbocycles. The number of ether oxygens (including phenoxy) is 2. The number of anilines is 1. The molecule has 1 saturated heterocycles. The van der Waals surface area contributed by atoms with Gasteiger partial charge >= 0.3 is 6.09 Å². The average molecular weight is 389 g/mol. The van der Waals surface area contributed by atoms with Gasteiger partial charge in [-0.3, -0.25) is 10.1 Å². The van der Waals surface area contributed by atoms with E-state index in [0.717, 1.165) is 17.6 Å². The Morgan fingerprint density at radius 1 is 1.39 bits per heavy atom. The fourth-order valence-corrected chi connectivity index (χ4v) is 3.30. The monoisotopic (exact) mass is 389 g/mol. The van der Waals surface area contributed by atoms with Crippen molar-refractivity contribution in [2.24, 2.45) is 0 Å². The van der Waals surface area contributed by atoms with Crippen LogP contribution in [0.5, 0.6) is 0 Å². The second-order valence-electron chi connectivity index (χ2n) is 8.10. The van der Waals surface area contributed by atoms with Gasteiger partial charge in [0.15, 0.2) is 0 Å². The molecule has 2 heterocycles. The van der Waals surface area contributed by atoms with Crippen LogP contribution in [0.4, 0.5) is 16.2 Å². The Morgan fingerprint density at radius 3 is 2.75 bits per heavy atom. The predicted octanol–water partition coefficient (Wildman–Crippen LogP) is 3.82. The van der Waals surface area contributed by atoms with Gasteiger partial charge < -0.3 is 19.7 Å². The van der Waals surface area contributed by atoms with Gasteiger partial charge in [-0.05, 0) is 56.9 Å². The molecule has 1 amide bonds. The highest BCUT2D eigenvalue weighted by Gasteiger charge is 2.25. The molecule has 1 atom stereocenters. The van der Waals surface area contributed by atoms with E-state index < -0.39 is 5.60 Å². The van der Waals surface area contributed by atoms with Crippen LogP contribution >= 0.6 is 0 Å². The summed E-state index contributed by atoms with van der Waals surface area (Å²) in [6.07, 6.45) is 3.16. The summed E-state index contributed by atoms with van der Waals surface area (Å²) in [5, 5.41) is 14.6. The molecule has 2 aliphatic rings. The van der Waals surface area contributed by atoms with Gasteiger partial charge in [0.25, 0.3) is 5.69 Å². The molecule has 0 bridgehead atoms. The number of nitrogens with zero attached hydrogens (tertiary/aromatic N) is 2. The van der Waals surface area contributed by atoms with E-state index in [4.69, 9.17) is 9.47 Å². The molecule has 0 aliphatic carbocycles. The molecule has 2 aliphatic heterocycles. The Balaban J connectivity index is 1.74. The van der Waals surface area contributed by atoms with Gasteiger partial charge in [0.1, 0.15) is 11.3 Å². The Hall–Kier alpha value is -2.61. The first kappa shape index (κ1) is 20.1. The summed E-state index contributed by atoms with van der Waals surface area (Å²) < 4.78 is 10.8. The first-order valence-corrected chi connectivity index (χ1v) is 9.53. The number of rotatable bonds is 4. The third kappa shape index (κ3) is 5.01. The van der Waals surface area contributed by atoms with Crippen molar-refractivity contribution < 1.29 is 19.2 Å². The van der Waals surface area contributed by atoms with E-state index >= 15 is 0 Å². The number of nitro groups is 1. The Labute approximate surface area is 164 Å². The second-order valence-corrected chi connectivity index (χ2v) is 8.10. The van der Waals surface area contributed by atoms with Gasteiger partial charge in [-0.1, -0.05) is 6.08 Å². The lowest BCUT2D eigenvalue weighted by Crippen LogP contribution is -2.39. The van der Waals surface area contributed by atoms with Crippen LogP contribution in [0.15, 0.2) is 24.3 Å². The van der Waals surface area contributed by atoms with Crippen molar-refractivity contribution in [2.45, 2.75) is 45.3 Å². The first-order chi connectivity index (χ1) is 13.2. The first-order valence-electron chi connectivity index (χ1n) is 9.53. The number of nitrogens with one attached hydrogen (secondary N) is 1. The smallest absolute Gasteiger partial charge is 0.410 e. The molecule has 1 unspecified atom stereocenters. The van der Waals surface area contributed by atoms with E-state index in [1.807, 2.05) is 32.9 Å². The summed E-state index contributed by atoms with van der Waals surface area (Å²) >= 11 is 0. The van der Waals surface area contributed by atoms with Crippen molar-refractivity contribution in [2.75, 3.05) is 31.6 Å². The molecule has 28 heavy (non-hydrogen) atoms. The highest BCUT2D eigenvalue weighted by molar-refractivity contribution is 5.76. The van der Waals surface area contributed by atoms with Crippen LogP contribution in [0.3, 0.4) is 0 Å². The number of hydrogen-bond acceptors (Lipinski definition) is 6. The molecule has 1 fully saturated rings. The van der Waals surface area contributed by atoms with Crippen molar-refractivity contribution in [1.29, 1.82) is 0 Å². The number of carbonyl (C=O) groups excluding carboxylic acids is 1. The molecule has 3 rings (SSSR count). The molecule has 0 aromatic heterocycles. The maximum Gasteiger partial charge on any atom is 0.410 e. The van der Waals surface area contributed by atoms with E-state index in [2.05, 4.69) is 5.32 Å². The highest BCUT2D eigenvalue weighted by atomic mass is 16.6. The molecular formula is C20H27N3O5. The molecule has 0 spiro atoms. The van der Waals surface area contributed by atoms with Crippen LogP contribution in [0, 0.1) is 10.1 Å². The van der Waals surface area contributed by atoms with E-state index in [1.54, 1.807) is 11.0 Å².